The summed E-state index contributed by atoms with van der Waals surface area (Å²) in [5.74, 6) is -27.4. The number of rotatable bonds is 4. The highest BCUT2D eigenvalue weighted by Crippen LogP contribution is 2.66. The number of hydrogen-bond acceptors (Lipinski definition) is 6. The van der Waals surface area contributed by atoms with Crippen LogP contribution in [0.3, 0.4) is 0 Å². The molecule has 9 nitrogen and oxygen atoms in total. The molecule has 258 valence electrons. The number of halogens is 8. The number of phenols is 1. The van der Waals surface area contributed by atoms with E-state index in [0.717, 1.165) is 29.2 Å². The molecule has 2 heterocycles. The number of phenolic OH excluding ortho intramolecular Hbond substituents is 1. The van der Waals surface area contributed by atoms with Gasteiger partial charge in [0.1, 0.15) is 5.69 Å². The molecule has 17 heteroatoms. The van der Waals surface area contributed by atoms with Crippen molar-refractivity contribution in [1.29, 1.82) is 0 Å². The zero-order valence-electron chi connectivity index (χ0n) is 24.7. The Morgan fingerprint density at radius 2 is 1.42 bits per heavy atom. The quantitative estimate of drug-likeness (QED) is 0.0878. The summed E-state index contributed by atoms with van der Waals surface area (Å²) in [6.45, 7) is 0. The molecular weight excluding hydrogens is 721 g/mol. The van der Waals surface area contributed by atoms with Gasteiger partial charge in [-0.2, -0.15) is 0 Å². The lowest BCUT2D eigenvalue weighted by atomic mass is 9.56. The van der Waals surface area contributed by atoms with E-state index in [1.54, 1.807) is 0 Å². The topological polar surface area (TPSA) is 132 Å². The number of carboxylic acids is 1. The second kappa shape index (κ2) is 11.1. The number of hydrogen-bond donors (Lipinski definition) is 2. The van der Waals surface area contributed by atoms with Gasteiger partial charge in [0.05, 0.1) is 23.1 Å². The highest BCUT2D eigenvalue weighted by molar-refractivity contribution is 6.58. The Morgan fingerprint density at radius 3 is 2.06 bits per heavy atom. The fraction of sp³-hybridized carbons (Fsp3) is 0.242. The molecular formula is C33H18Cl2F6N2O7. The summed E-state index contributed by atoms with van der Waals surface area (Å²) in [6.07, 6.45) is 0.313. The summed E-state index contributed by atoms with van der Waals surface area (Å²) >= 11 is 13.9. The minimum atomic E-state index is -2.95. The maximum absolute atomic E-state index is 15.1. The van der Waals surface area contributed by atoms with Crippen molar-refractivity contribution in [2.45, 2.75) is 28.5 Å². The Kier molecular flexibility index (Phi) is 7.43. The van der Waals surface area contributed by atoms with Crippen LogP contribution < -0.4 is 9.80 Å². The van der Waals surface area contributed by atoms with Gasteiger partial charge in [0.2, 0.25) is 17.6 Å². The number of anilines is 2. The SMILES string of the molecule is O=C(O)c1cccc(N2C(=O)C3CC=C4C(CC5(Cl)C(=O)N(c6c(F)c(F)c(F)c(F)c6F)C(=O)C5(Cl)C4c4cccc(F)c4O)C3C2=O)c1. The predicted molar refractivity (Wildman–Crippen MR) is 160 cm³/mol. The standard InChI is InChI=1S/C33H18Cl2F6N2O7/c34-32-10-16-13(7-8-14-18(16)28(46)42(27(14)45)12-4-1-3-11(9-12)29(47)48)19(15-5-2-6-17(36)26(15)44)33(32,35)31(50)43(30(32)49)25-23(40)21(38)20(37)22(39)24(25)41/h1-7,9,14,16,18-19,44H,8,10H2,(H,47,48). The third kappa shape index (κ3) is 4.13. The molecule has 0 spiro atoms. The Morgan fingerprint density at radius 1 is 0.800 bits per heavy atom. The molecule has 3 fully saturated rings. The number of carbonyl (C=O) groups is 5. The van der Waals surface area contributed by atoms with E-state index in [1.165, 1.54) is 24.3 Å². The van der Waals surface area contributed by atoms with Crippen LogP contribution in [0.4, 0.5) is 37.7 Å². The van der Waals surface area contributed by atoms with Crippen LogP contribution in [0.2, 0.25) is 0 Å². The Labute approximate surface area is 286 Å². The Hall–Kier alpha value is -4.89. The van der Waals surface area contributed by atoms with E-state index in [0.29, 0.717) is 0 Å². The van der Waals surface area contributed by atoms with Gasteiger partial charge >= 0.3 is 5.97 Å². The van der Waals surface area contributed by atoms with E-state index in [9.17, 15) is 51.7 Å². The van der Waals surface area contributed by atoms with E-state index < -0.39 is 121 Å². The van der Waals surface area contributed by atoms with Crippen molar-refractivity contribution < 1.29 is 60.5 Å². The molecule has 0 bridgehead atoms. The first kappa shape index (κ1) is 33.6. The number of carboxylic acid groups (broad SMARTS) is 1. The number of fused-ring (bicyclic) bond motifs is 4. The number of allylic oxidation sites excluding steroid dienone is 2. The van der Waals surface area contributed by atoms with E-state index in [-0.39, 0.29) is 28.1 Å². The molecule has 3 aromatic carbocycles. The monoisotopic (exact) mass is 738 g/mol. The average molecular weight is 739 g/mol. The summed E-state index contributed by atoms with van der Waals surface area (Å²) in [6, 6.07) is 7.88. The zero-order valence-corrected chi connectivity index (χ0v) is 26.2. The summed E-state index contributed by atoms with van der Waals surface area (Å²) in [5, 5.41) is 20.3. The van der Waals surface area contributed by atoms with Crippen LogP contribution in [0.15, 0.2) is 54.1 Å². The van der Waals surface area contributed by atoms with Crippen LogP contribution in [-0.2, 0) is 19.2 Å². The highest BCUT2D eigenvalue weighted by Gasteiger charge is 2.77. The van der Waals surface area contributed by atoms with Gasteiger partial charge in [0, 0.05) is 11.5 Å². The Bertz CT molecular complexity index is 2140. The maximum atomic E-state index is 15.1. The van der Waals surface area contributed by atoms with Crippen molar-refractivity contribution >= 4 is 64.2 Å². The van der Waals surface area contributed by atoms with Crippen LogP contribution in [0.1, 0.15) is 34.7 Å². The van der Waals surface area contributed by atoms with Gasteiger partial charge in [-0.3, -0.25) is 24.1 Å². The molecule has 6 unspecified atom stereocenters. The Balaban J connectivity index is 1.43. The van der Waals surface area contributed by atoms with Crippen LogP contribution >= 0.6 is 23.2 Å². The lowest BCUT2D eigenvalue weighted by Crippen LogP contribution is -2.60. The fourth-order valence-corrected chi connectivity index (χ4v) is 8.64. The van der Waals surface area contributed by atoms with E-state index in [4.69, 9.17) is 23.2 Å². The molecule has 2 saturated heterocycles. The van der Waals surface area contributed by atoms with Crippen LogP contribution in [0, 0.1) is 52.7 Å². The fourth-order valence-electron chi connectivity index (χ4n) is 7.71. The number of alkyl halides is 2. The molecule has 4 aliphatic rings. The number of carbonyl (C=O) groups excluding carboxylic acids is 4. The van der Waals surface area contributed by atoms with Gasteiger partial charge in [0.25, 0.3) is 11.8 Å². The van der Waals surface area contributed by atoms with Crippen molar-refractivity contribution in [2.75, 3.05) is 9.80 Å². The summed E-state index contributed by atoms with van der Waals surface area (Å²) in [4.78, 5) is 62.4. The smallest absolute Gasteiger partial charge is 0.335 e. The number of aromatic hydroxyl groups is 1. The summed E-state index contributed by atoms with van der Waals surface area (Å²) in [7, 11) is 0. The number of para-hydroxylation sites is 1. The minimum absolute atomic E-state index is 0.0128. The van der Waals surface area contributed by atoms with E-state index in [2.05, 4.69) is 0 Å². The number of benzene rings is 3. The molecule has 2 aliphatic heterocycles. The number of aromatic carboxylic acids is 1. The van der Waals surface area contributed by atoms with Crippen LogP contribution in [-0.4, -0.2) is 49.6 Å². The van der Waals surface area contributed by atoms with E-state index >= 15 is 8.78 Å². The highest BCUT2D eigenvalue weighted by atomic mass is 35.5. The lowest BCUT2D eigenvalue weighted by molar-refractivity contribution is -0.125. The maximum Gasteiger partial charge on any atom is 0.335 e. The van der Waals surface area contributed by atoms with Gasteiger partial charge in [0.15, 0.2) is 44.6 Å². The van der Waals surface area contributed by atoms with Crippen molar-refractivity contribution in [3.8, 4) is 5.75 Å². The average Bonchev–Trinajstić information content (AvgIpc) is 3.42. The molecule has 6 atom stereocenters. The molecule has 2 aliphatic carbocycles. The summed E-state index contributed by atoms with van der Waals surface area (Å²) in [5.41, 5.74) is -2.85. The second-order valence-corrected chi connectivity index (χ2v) is 13.5. The molecule has 50 heavy (non-hydrogen) atoms. The number of amides is 4. The van der Waals surface area contributed by atoms with Gasteiger partial charge in [-0.05, 0) is 43.0 Å². The molecule has 1 saturated carbocycles. The van der Waals surface area contributed by atoms with Crippen molar-refractivity contribution in [3.63, 3.8) is 0 Å². The molecule has 0 radical (unpaired) electrons. The van der Waals surface area contributed by atoms with Crippen LogP contribution in [0.5, 0.6) is 5.75 Å². The predicted octanol–water partition coefficient (Wildman–Crippen LogP) is 5.69. The first-order valence-electron chi connectivity index (χ1n) is 14.7. The van der Waals surface area contributed by atoms with Crippen molar-refractivity contribution in [2.24, 2.45) is 17.8 Å². The van der Waals surface area contributed by atoms with Gasteiger partial charge < -0.3 is 10.2 Å². The van der Waals surface area contributed by atoms with Gasteiger partial charge in [-0.15, -0.1) is 23.2 Å². The lowest BCUT2D eigenvalue weighted by Gasteiger charge is -2.50. The molecule has 2 N–H and O–H groups in total. The number of nitrogens with zero attached hydrogens (tertiary/aromatic N) is 2. The first-order valence-corrected chi connectivity index (χ1v) is 15.4. The molecule has 7 rings (SSSR count). The van der Waals surface area contributed by atoms with Gasteiger partial charge in [-0.1, -0.05) is 29.8 Å². The number of imide groups is 2. The van der Waals surface area contributed by atoms with E-state index in [1.807, 2.05) is 0 Å². The largest absolute Gasteiger partial charge is 0.505 e. The molecule has 0 aromatic heterocycles. The van der Waals surface area contributed by atoms with Crippen molar-refractivity contribution in [1.82, 2.24) is 0 Å². The van der Waals surface area contributed by atoms with Gasteiger partial charge in [-0.25, -0.2) is 36.0 Å². The molecule has 3 aromatic rings. The zero-order chi connectivity index (χ0) is 36.4. The summed E-state index contributed by atoms with van der Waals surface area (Å²) < 4.78 is 87.8. The van der Waals surface area contributed by atoms with Crippen molar-refractivity contribution in [3.05, 3.63) is 100 Å². The molecule has 4 amide bonds. The minimum Gasteiger partial charge on any atom is -0.505 e. The third-order valence-corrected chi connectivity index (χ3v) is 11.3. The second-order valence-electron chi connectivity index (χ2n) is 12.2. The van der Waals surface area contributed by atoms with Crippen LogP contribution in [0.25, 0.3) is 0 Å². The normalized spacial score (nSPS) is 28.8. The first-order chi connectivity index (χ1) is 23.5. The third-order valence-electron chi connectivity index (χ3n) is 9.90.